The van der Waals surface area contributed by atoms with E-state index >= 15 is 0 Å². The highest BCUT2D eigenvalue weighted by molar-refractivity contribution is 9.10. The van der Waals surface area contributed by atoms with Crippen molar-refractivity contribution in [3.8, 4) is 0 Å². The lowest BCUT2D eigenvalue weighted by molar-refractivity contribution is -0.383. The van der Waals surface area contributed by atoms with Gasteiger partial charge in [-0.2, -0.15) is 0 Å². The number of halogens is 1. The predicted octanol–water partition coefficient (Wildman–Crippen LogP) is 1.77. The molecule has 2 rings (SSSR count). The molecule has 0 aliphatic carbocycles. The van der Waals surface area contributed by atoms with Crippen molar-refractivity contribution in [3.05, 3.63) is 44.7 Å². The zero-order valence-electron chi connectivity index (χ0n) is 11.9. The number of nitro benzene ring substituents is 1. The molecule has 8 nitrogen and oxygen atoms in total. The van der Waals surface area contributed by atoms with E-state index < -0.39 is 10.8 Å². The lowest BCUT2D eigenvalue weighted by atomic mass is 10.1. The molecule has 1 aromatic heterocycles. The Morgan fingerprint density at radius 3 is 2.78 bits per heavy atom. The molecule has 0 aliphatic rings. The summed E-state index contributed by atoms with van der Waals surface area (Å²) in [6.45, 7) is 0.807. The fraction of sp³-hybridized carbons (Fsp3) is 0.214. The van der Waals surface area contributed by atoms with Crippen molar-refractivity contribution in [2.75, 3.05) is 13.1 Å². The van der Waals surface area contributed by atoms with Crippen LogP contribution in [-0.2, 0) is 4.79 Å². The van der Waals surface area contributed by atoms with E-state index in [0.717, 1.165) is 0 Å². The molecule has 0 unspecified atom stereocenters. The summed E-state index contributed by atoms with van der Waals surface area (Å²) in [6.07, 6.45) is 2.52. The second-order valence-electron chi connectivity index (χ2n) is 4.59. The van der Waals surface area contributed by atoms with E-state index in [-0.39, 0.29) is 11.4 Å². The molecule has 9 heteroatoms. The Labute approximate surface area is 139 Å². The van der Waals surface area contributed by atoms with Crippen LogP contribution in [0.1, 0.15) is 16.9 Å². The number of fused-ring (bicyclic) bond motifs is 1. The van der Waals surface area contributed by atoms with Gasteiger partial charge in [-0.15, -0.1) is 0 Å². The number of aromatic nitrogens is 1. The minimum absolute atomic E-state index is 0.103. The Morgan fingerprint density at radius 1 is 1.30 bits per heavy atom. The zero-order chi connectivity index (χ0) is 16.8. The molecular weight excluding hydrogens is 368 g/mol. The molecule has 1 aromatic carbocycles. The van der Waals surface area contributed by atoms with Crippen molar-refractivity contribution in [1.29, 1.82) is 0 Å². The van der Waals surface area contributed by atoms with Crippen molar-refractivity contribution < 1.29 is 14.5 Å². The third-order valence-corrected chi connectivity index (χ3v) is 3.77. The van der Waals surface area contributed by atoms with E-state index in [9.17, 15) is 19.7 Å². The van der Waals surface area contributed by atoms with E-state index in [2.05, 4.69) is 31.5 Å². The van der Waals surface area contributed by atoms with Crippen LogP contribution in [-0.4, -0.2) is 35.3 Å². The van der Waals surface area contributed by atoms with Crippen molar-refractivity contribution in [2.45, 2.75) is 6.42 Å². The molecule has 0 saturated carbocycles. The first kappa shape index (κ1) is 16.8. The molecule has 2 aromatic rings. The van der Waals surface area contributed by atoms with Crippen LogP contribution in [0.3, 0.4) is 0 Å². The maximum atomic E-state index is 12.2. The summed E-state index contributed by atoms with van der Waals surface area (Å²) >= 11 is 3.15. The molecule has 0 saturated heterocycles. The molecule has 0 atom stereocenters. The molecule has 23 heavy (non-hydrogen) atoms. The Morgan fingerprint density at radius 2 is 2.09 bits per heavy atom. The highest BCUT2D eigenvalue weighted by Crippen LogP contribution is 2.33. The summed E-state index contributed by atoms with van der Waals surface area (Å²) in [5, 5.41) is 17.1. The van der Waals surface area contributed by atoms with E-state index in [4.69, 9.17) is 0 Å². The molecule has 0 fully saturated rings. The maximum Gasteiger partial charge on any atom is 0.291 e. The number of nitrogens with zero attached hydrogens (tertiary/aromatic N) is 2. The minimum Gasteiger partial charge on any atom is -0.359 e. The molecule has 0 radical (unpaired) electrons. The number of rotatable bonds is 7. The van der Waals surface area contributed by atoms with Crippen LogP contribution >= 0.6 is 15.9 Å². The number of hydrogen-bond acceptors (Lipinski definition) is 5. The van der Waals surface area contributed by atoms with Crippen molar-refractivity contribution in [1.82, 2.24) is 15.6 Å². The smallest absolute Gasteiger partial charge is 0.291 e. The SMILES string of the molecule is O=CNCCCNC(=O)c1nccc2c([N+](=O)[O-])c(Br)ccc12. The lowest BCUT2D eigenvalue weighted by Gasteiger charge is -2.08. The highest BCUT2D eigenvalue weighted by atomic mass is 79.9. The summed E-state index contributed by atoms with van der Waals surface area (Å²) in [4.78, 5) is 37.1. The van der Waals surface area contributed by atoms with Gasteiger partial charge in [-0.1, -0.05) is 6.07 Å². The maximum absolute atomic E-state index is 12.2. The average Bonchev–Trinajstić information content (AvgIpc) is 2.53. The van der Waals surface area contributed by atoms with Gasteiger partial charge in [0.25, 0.3) is 11.6 Å². The normalized spacial score (nSPS) is 10.3. The predicted molar refractivity (Wildman–Crippen MR) is 87.1 cm³/mol. The fourth-order valence-electron chi connectivity index (χ4n) is 2.11. The molecule has 1 heterocycles. The molecule has 0 bridgehead atoms. The van der Waals surface area contributed by atoms with Crippen LogP contribution < -0.4 is 10.6 Å². The van der Waals surface area contributed by atoms with Crippen molar-refractivity contribution in [3.63, 3.8) is 0 Å². The first-order chi connectivity index (χ1) is 11.1. The third-order valence-electron chi connectivity index (χ3n) is 3.13. The molecule has 0 aliphatic heterocycles. The van der Waals surface area contributed by atoms with Crippen LogP contribution in [0.25, 0.3) is 10.8 Å². The number of carbonyl (C=O) groups excluding carboxylic acids is 2. The third kappa shape index (κ3) is 3.81. The van der Waals surface area contributed by atoms with Gasteiger partial charge in [-0.3, -0.25) is 24.7 Å². The molecule has 0 spiro atoms. The molecule has 2 amide bonds. The fourth-order valence-corrected chi connectivity index (χ4v) is 2.60. The quantitative estimate of drug-likeness (QED) is 0.328. The van der Waals surface area contributed by atoms with Crippen LogP contribution in [0.2, 0.25) is 0 Å². The average molecular weight is 381 g/mol. The summed E-state index contributed by atoms with van der Waals surface area (Å²) < 4.78 is 0.340. The summed E-state index contributed by atoms with van der Waals surface area (Å²) in [5.74, 6) is -0.418. The number of benzene rings is 1. The topological polar surface area (TPSA) is 114 Å². The zero-order valence-corrected chi connectivity index (χ0v) is 13.5. The second kappa shape index (κ2) is 7.63. The molecular formula is C14H13BrN4O4. The minimum atomic E-state index is -0.501. The Balaban J connectivity index is 2.28. The van der Waals surface area contributed by atoms with Gasteiger partial charge >= 0.3 is 0 Å². The lowest BCUT2D eigenvalue weighted by Crippen LogP contribution is -2.27. The summed E-state index contributed by atoms with van der Waals surface area (Å²) in [6, 6.07) is 4.64. The largest absolute Gasteiger partial charge is 0.359 e. The van der Waals surface area contributed by atoms with Gasteiger partial charge in [0, 0.05) is 24.7 Å². The van der Waals surface area contributed by atoms with Gasteiger partial charge in [0.1, 0.15) is 5.69 Å². The van der Waals surface area contributed by atoms with E-state index in [1.165, 1.54) is 18.3 Å². The monoisotopic (exact) mass is 380 g/mol. The van der Waals surface area contributed by atoms with Gasteiger partial charge in [0.05, 0.1) is 14.8 Å². The number of carbonyl (C=O) groups is 2. The highest BCUT2D eigenvalue weighted by Gasteiger charge is 2.20. The first-order valence-corrected chi connectivity index (χ1v) is 7.52. The van der Waals surface area contributed by atoms with Gasteiger partial charge in [-0.05, 0) is 34.5 Å². The Bertz CT molecular complexity index is 766. The second-order valence-corrected chi connectivity index (χ2v) is 5.44. The van der Waals surface area contributed by atoms with E-state index in [1.54, 1.807) is 6.07 Å². The van der Waals surface area contributed by atoms with Gasteiger partial charge in [-0.25, -0.2) is 0 Å². The molecule has 2 N–H and O–H groups in total. The van der Waals surface area contributed by atoms with Gasteiger partial charge in [0.2, 0.25) is 6.41 Å². The Hall–Kier alpha value is -2.55. The number of amides is 2. The van der Waals surface area contributed by atoms with E-state index in [1.807, 2.05) is 0 Å². The standard InChI is InChI=1S/C14H13BrN4O4/c15-11-3-2-9-10(13(11)19(22)23)4-7-17-12(9)14(21)18-6-1-5-16-8-20/h2-4,7-8H,1,5-6H2,(H,16,20)(H,18,21). The number of hydrogen-bond donors (Lipinski definition) is 2. The van der Waals surface area contributed by atoms with Crippen molar-refractivity contribution >= 4 is 44.7 Å². The summed E-state index contributed by atoms with van der Waals surface area (Å²) in [7, 11) is 0. The van der Waals surface area contributed by atoms with Crippen LogP contribution in [0.15, 0.2) is 28.9 Å². The van der Waals surface area contributed by atoms with Crippen LogP contribution in [0.5, 0.6) is 0 Å². The van der Waals surface area contributed by atoms with E-state index in [0.29, 0.717) is 41.2 Å². The first-order valence-electron chi connectivity index (χ1n) is 6.73. The Kier molecular flexibility index (Phi) is 5.58. The number of pyridine rings is 1. The number of nitrogens with one attached hydrogen (secondary N) is 2. The van der Waals surface area contributed by atoms with Crippen molar-refractivity contribution in [2.24, 2.45) is 0 Å². The van der Waals surface area contributed by atoms with Crippen LogP contribution in [0, 0.1) is 10.1 Å². The molecule has 120 valence electrons. The summed E-state index contributed by atoms with van der Waals surface area (Å²) in [5.41, 5.74) is 0.0237. The van der Waals surface area contributed by atoms with Gasteiger partial charge in [0.15, 0.2) is 0 Å². The number of nitro groups is 1. The van der Waals surface area contributed by atoms with Crippen LogP contribution in [0.4, 0.5) is 5.69 Å². The van der Waals surface area contributed by atoms with Gasteiger partial charge < -0.3 is 10.6 Å².